The van der Waals surface area contributed by atoms with Crippen molar-refractivity contribution in [3.8, 4) is 6.07 Å². The molecule has 1 amide bonds. The summed E-state index contributed by atoms with van der Waals surface area (Å²) in [5, 5.41) is 8.94. The van der Waals surface area contributed by atoms with E-state index in [1.165, 1.54) is 0 Å². The zero-order valence-corrected chi connectivity index (χ0v) is 17.3. The summed E-state index contributed by atoms with van der Waals surface area (Å²) in [4.78, 5) is 30.6. The molecule has 2 aliphatic rings. The molecule has 2 aromatic heterocycles. The predicted octanol–water partition coefficient (Wildman–Crippen LogP) is 1.55. The van der Waals surface area contributed by atoms with Gasteiger partial charge in [0.1, 0.15) is 6.33 Å². The van der Waals surface area contributed by atoms with Gasteiger partial charge in [0, 0.05) is 57.2 Å². The van der Waals surface area contributed by atoms with Crippen molar-refractivity contribution >= 4 is 22.9 Å². The normalized spacial score (nSPS) is 20.3. The van der Waals surface area contributed by atoms with Crippen LogP contribution in [0.5, 0.6) is 0 Å². The molecule has 31 heavy (non-hydrogen) atoms. The summed E-state index contributed by atoms with van der Waals surface area (Å²) < 4.78 is 7.15. The van der Waals surface area contributed by atoms with Crippen LogP contribution in [0.15, 0.2) is 36.9 Å². The highest BCUT2D eigenvalue weighted by Gasteiger charge is 2.42. The van der Waals surface area contributed by atoms with Crippen molar-refractivity contribution in [2.45, 2.75) is 6.54 Å². The number of amides is 1. The quantitative estimate of drug-likeness (QED) is 0.621. The van der Waals surface area contributed by atoms with E-state index in [0.29, 0.717) is 36.1 Å². The number of hydrogen-bond donors (Lipinski definition) is 0. The van der Waals surface area contributed by atoms with E-state index in [1.54, 1.807) is 44.0 Å². The van der Waals surface area contributed by atoms with Crippen LogP contribution in [-0.2, 0) is 11.3 Å². The van der Waals surface area contributed by atoms with Crippen LogP contribution >= 0.6 is 0 Å². The molecule has 2 fully saturated rings. The van der Waals surface area contributed by atoms with Gasteiger partial charge in [-0.05, 0) is 24.3 Å². The topological polar surface area (TPSA) is 100 Å². The van der Waals surface area contributed by atoms with E-state index in [-0.39, 0.29) is 5.91 Å². The van der Waals surface area contributed by atoms with Crippen LogP contribution in [0, 0.1) is 23.2 Å². The van der Waals surface area contributed by atoms with Crippen LogP contribution in [-0.4, -0.2) is 70.2 Å². The van der Waals surface area contributed by atoms with Gasteiger partial charge in [0.25, 0.3) is 5.91 Å². The summed E-state index contributed by atoms with van der Waals surface area (Å²) in [6.45, 7) is 4.45. The van der Waals surface area contributed by atoms with Crippen LogP contribution in [0.4, 0.5) is 5.82 Å². The lowest BCUT2D eigenvalue weighted by atomic mass is 10.0. The Bertz CT molecular complexity index is 1140. The monoisotopic (exact) mass is 417 g/mol. The molecule has 2 unspecified atom stereocenters. The molecule has 2 saturated heterocycles. The second-order valence-electron chi connectivity index (χ2n) is 8.12. The summed E-state index contributed by atoms with van der Waals surface area (Å²) in [6, 6.07) is 8.94. The molecule has 0 aliphatic carbocycles. The first-order valence-electron chi connectivity index (χ1n) is 10.4. The molecule has 0 N–H and O–H groups in total. The molecule has 158 valence electrons. The molecule has 2 aliphatic heterocycles. The number of carbonyl (C=O) groups is 1. The Balaban J connectivity index is 1.28. The van der Waals surface area contributed by atoms with Crippen LogP contribution in [0.25, 0.3) is 11.2 Å². The van der Waals surface area contributed by atoms with Gasteiger partial charge < -0.3 is 19.1 Å². The highest BCUT2D eigenvalue weighted by Crippen LogP contribution is 2.35. The maximum atomic E-state index is 12.9. The molecule has 0 spiro atoms. The molecule has 5 rings (SSSR count). The van der Waals surface area contributed by atoms with Crippen LogP contribution in [0.1, 0.15) is 15.9 Å². The van der Waals surface area contributed by atoms with Crippen LogP contribution in [0.3, 0.4) is 0 Å². The molecule has 9 nitrogen and oxygen atoms in total. The van der Waals surface area contributed by atoms with E-state index in [0.717, 1.165) is 43.2 Å². The van der Waals surface area contributed by atoms with Gasteiger partial charge in [0.2, 0.25) is 0 Å². The number of aromatic nitrogens is 4. The van der Waals surface area contributed by atoms with Gasteiger partial charge in [0.15, 0.2) is 17.0 Å². The van der Waals surface area contributed by atoms with E-state index in [1.807, 2.05) is 9.47 Å². The molecule has 0 radical (unpaired) electrons. The van der Waals surface area contributed by atoms with E-state index in [9.17, 15) is 4.79 Å². The molecule has 1 aromatic carbocycles. The standard InChI is InChI=1S/C22H23N7O2/c1-31-7-6-27-14-26-19-20(27)24-13-25-21(19)28-9-17-11-29(12-18(17)10-28)22(30)16-4-2-15(8-23)3-5-16/h2-5,13-14,17-18H,6-7,9-12H2,1H3. The highest BCUT2D eigenvalue weighted by molar-refractivity contribution is 5.94. The largest absolute Gasteiger partial charge is 0.383 e. The predicted molar refractivity (Wildman–Crippen MR) is 113 cm³/mol. The number of hydrogen-bond acceptors (Lipinski definition) is 7. The summed E-state index contributed by atoms with van der Waals surface area (Å²) in [5.74, 6) is 1.71. The number of nitrogens with zero attached hydrogens (tertiary/aromatic N) is 7. The molecule has 2 atom stereocenters. The maximum absolute atomic E-state index is 12.9. The fourth-order valence-corrected chi connectivity index (χ4v) is 4.65. The van der Waals surface area contributed by atoms with E-state index < -0.39 is 0 Å². The van der Waals surface area contributed by atoms with Crippen molar-refractivity contribution in [1.82, 2.24) is 24.4 Å². The van der Waals surface area contributed by atoms with Crippen LogP contribution < -0.4 is 4.90 Å². The number of benzene rings is 1. The average molecular weight is 417 g/mol. The third-order valence-corrected chi connectivity index (χ3v) is 6.25. The van der Waals surface area contributed by atoms with Gasteiger partial charge in [-0.2, -0.15) is 5.26 Å². The number of fused-ring (bicyclic) bond motifs is 2. The van der Waals surface area contributed by atoms with Gasteiger partial charge >= 0.3 is 0 Å². The fraction of sp³-hybridized carbons (Fsp3) is 0.409. The lowest BCUT2D eigenvalue weighted by Gasteiger charge is -2.22. The first-order valence-corrected chi connectivity index (χ1v) is 10.4. The number of carbonyl (C=O) groups excluding carboxylic acids is 1. The summed E-state index contributed by atoms with van der Waals surface area (Å²) in [5.41, 5.74) is 2.82. The molecular weight excluding hydrogens is 394 g/mol. The molecule has 9 heteroatoms. The van der Waals surface area contributed by atoms with Crippen molar-refractivity contribution < 1.29 is 9.53 Å². The van der Waals surface area contributed by atoms with E-state index in [2.05, 4.69) is 25.9 Å². The Labute approximate surface area is 179 Å². The number of anilines is 1. The second-order valence-corrected chi connectivity index (χ2v) is 8.12. The van der Waals surface area contributed by atoms with Gasteiger partial charge in [0.05, 0.1) is 24.6 Å². The summed E-state index contributed by atoms with van der Waals surface area (Å²) in [6.07, 6.45) is 3.38. The Morgan fingerprint density at radius 1 is 1.13 bits per heavy atom. The maximum Gasteiger partial charge on any atom is 0.253 e. The zero-order valence-electron chi connectivity index (χ0n) is 17.3. The number of ether oxygens (including phenoxy) is 1. The fourth-order valence-electron chi connectivity index (χ4n) is 4.65. The number of rotatable bonds is 5. The van der Waals surface area contributed by atoms with Gasteiger partial charge in [-0.25, -0.2) is 15.0 Å². The van der Waals surface area contributed by atoms with E-state index in [4.69, 9.17) is 10.00 Å². The Morgan fingerprint density at radius 2 is 1.87 bits per heavy atom. The SMILES string of the molecule is COCCn1cnc2c(N3CC4CN(C(=O)c5ccc(C#N)cc5)CC4C3)ncnc21. The minimum absolute atomic E-state index is 0.0340. The molecule has 0 saturated carbocycles. The average Bonchev–Trinajstić information content (AvgIpc) is 3.50. The van der Waals surface area contributed by atoms with Crippen molar-refractivity contribution in [2.24, 2.45) is 11.8 Å². The van der Waals surface area contributed by atoms with Crippen molar-refractivity contribution in [3.63, 3.8) is 0 Å². The third kappa shape index (κ3) is 3.49. The minimum atomic E-state index is 0.0340. The van der Waals surface area contributed by atoms with Crippen molar-refractivity contribution in [2.75, 3.05) is 44.8 Å². The Kier molecular flexibility index (Phi) is 5.00. The summed E-state index contributed by atoms with van der Waals surface area (Å²) >= 11 is 0. The molecule has 4 heterocycles. The zero-order chi connectivity index (χ0) is 21.4. The number of likely N-dealkylation sites (tertiary alicyclic amines) is 1. The molecular formula is C22H23N7O2. The van der Waals surface area contributed by atoms with Crippen molar-refractivity contribution in [1.29, 1.82) is 5.26 Å². The van der Waals surface area contributed by atoms with Crippen molar-refractivity contribution in [3.05, 3.63) is 48.0 Å². The Morgan fingerprint density at radius 3 is 2.55 bits per heavy atom. The lowest BCUT2D eigenvalue weighted by Crippen LogP contribution is -2.33. The molecule has 3 aromatic rings. The van der Waals surface area contributed by atoms with E-state index >= 15 is 0 Å². The van der Waals surface area contributed by atoms with Crippen LogP contribution in [0.2, 0.25) is 0 Å². The second kappa shape index (κ2) is 7.96. The highest BCUT2D eigenvalue weighted by atomic mass is 16.5. The third-order valence-electron chi connectivity index (χ3n) is 6.25. The minimum Gasteiger partial charge on any atom is -0.383 e. The lowest BCUT2D eigenvalue weighted by molar-refractivity contribution is 0.0782. The van der Waals surface area contributed by atoms with Gasteiger partial charge in [-0.1, -0.05) is 0 Å². The molecule has 0 bridgehead atoms. The smallest absolute Gasteiger partial charge is 0.253 e. The Hall–Kier alpha value is -3.51. The summed E-state index contributed by atoms with van der Waals surface area (Å²) in [7, 11) is 1.68. The number of nitriles is 1. The first-order chi connectivity index (χ1) is 15.2. The number of methoxy groups -OCH3 is 1. The van der Waals surface area contributed by atoms with Gasteiger partial charge in [-0.15, -0.1) is 0 Å². The van der Waals surface area contributed by atoms with Gasteiger partial charge in [-0.3, -0.25) is 4.79 Å². The number of imidazole rings is 1. The first kappa shape index (κ1) is 19.5.